The first kappa shape index (κ1) is 55.6. The summed E-state index contributed by atoms with van der Waals surface area (Å²) >= 11 is 0. The number of hydroxylamine groups is 4. The second-order valence-corrected chi connectivity index (χ2v) is 7.48. The van der Waals surface area contributed by atoms with Crippen molar-refractivity contribution in [2.45, 2.75) is 41.5 Å². The highest BCUT2D eigenvalue weighted by atomic mass is 19.1. The van der Waals surface area contributed by atoms with Crippen LogP contribution in [0.5, 0.6) is 0 Å². The van der Waals surface area contributed by atoms with Gasteiger partial charge in [0.25, 0.3) is 11.8 Å². The van der Waals surface area contributed by atoms with Gasteiger partial charge in [0, 0.05) is 34.0 Å². The molecule has 2 aromatic carbocycles. The van der Waals surface area contributed by atoms with Gasteiger partial charge in [0.2, 0.25) is 0 Å². The smallest absolute Gasteiger partial charge is 0.327 e. The molecule has 0 atom stereocenters. The summed E-state index contributed by atoms with van der Waals surface area (Å²) in [6.45, 7) is 13.5. The Morgan fingerprint density at radius 3 is 1.08 bits per heavy atom. The summed E-state index contributed by atoms with van der Waals surface area (Å²) < 4.78 is 20.0. The van der Waals surface area contributed by atoms with Crippen LogP contribution in [0.4, 0.5) is 4.39 Å². The number of carbonyl (C=O) groups is 4. The van der Waals surface area contributed by atoms with Crippen LogP contribution in [0.3, 0.4) is 0 Å². The molecule has 50 heavy (non-hydrogen) atoms. The minimum absolute atomic E-state index is 0.250. The van der Waals surface area contributed by atoms with Crippen molar-refractivity contribution >= 4 is 23.6 Å². The second-order valence-electron chi connectivity index (χ2n) is 7.48. The quantitative estimate of drug-likeness (QED) is 0.0960. The zero-order chi connectivity index (χ0) is 41.2. The van der Waals surface area contributed by atoms with Gasteiger partial charge >= 0.3 is 11.8 Å². The minimum Gasteiger partial charge on any atom is -0.400 e. The molecule has 2 heterocycles. The average Bonchev–Trinajstić information content (AvgIpc) is 3.54. The molecule has 4 rings (SSSR count). The van der Waals surface area contributed by atoms with Gasteiger partial charge in [-0.2, -0.15) is 0 Å². The molecule has 0 aliphatic carbocycles. The van der Waals surface area contributed by atoms with Gasteiger partial charge in [0.1, 0.15) is 0 Å². The number of benzene rings is 2. The van der Waals surface area contributed by atoms with Crippen LogP contribution in [0.15, 0.2) is 48.5 Å². The van der Waals surface area contributed by atoms with Gasteiger partial charge in [-0.05, 0) is 70.9 Å². The lowest BCUT2D eigenvalue weighted by Crippen LogP contribution is -2.29. The lowest BCUT2D eigenvalue weighted by Gasteiger charge is -2.10. The summed E-state index contributed by atoms with van der Waals surface area (Å²) in [5, 5.41) is 30.4. The van der Waals surface area contributed by atoms with E-state index in [1.807, 2.05) is 20.8 Å². The molecule has 0 unspecified atom stereocenters. The van der Waals surface area contributed by atoms with Crippen LogP contribution < -0.4 is 23.5 Å². The number of aliphatic hydroxyl groups is 3. The number of alkyl halides is 1. The summed E-state index contributed by atoms with van der Waals surface area (Å²) in [5.74, 6) is 15.2. The second kappa shape index (κ2) is 45.2. The standard InChI is InChI=1S/C10H9NO3.C8H5NO3.C3H8O.2C2H7NO.2C2H6O.CH3F.CH4O.H4N2/c1-2-14-11-9(12)7-5-3-4-6-8(7)10(11)13;10-7-5-3-1-2-4-6(5)8(11)9(7)12;1-3-4-2;2*1-2-4-3;2*1-2-3;3*1-2/h3-6H,2H2,1H3;1-4,12H;3H2,1-2H3;2*2-3H2,1H3;2*3H,2H2,1H3;1H3;2H,1H3;1-2H2/p+1/i;;;;;;;1D;;. The zero-order valence-corrected chi connectivity index (χ0v) is 30.3. The van der Waals surface area contributed by atoms with Gasteiger partial charge < -0.3 is 34.9 Å². The fourth-order valence-electron chi connectivity index (χ4n) is 2.60. The number of carbonyl (C=O) groups excluding carboxylic acids is 4. The number of imide groups is 2. The van der Waals surface area contributed by atoms with E-state index in [-0.39, 0.29) is 25.0 Å². The SMILES string of the molecule is CCO.CCO.CCOC.CCON.CCON.CCON1C(=O)c2ccccc2C1=O.CO.NN.O=C1c2ccccc2C(=O)N1[OH2+].[2H]CF. The van der Waals surface area contributed by atoms with Crippen molar-refractivity contribution in [2.75, 3.05) is 61.0 Å². The van der Waals surface area contributed by atoms with Gasteiger partial charge in [0.05, 0.1) is 50.6 Å². The third-order valence-electron chi connectivity index (χ3n) is 4.43. The molecule has 0 fully saturated rings. The lowest BCUT2D eigenvalue weighted by molar-refractivity contribution is -0.0863. The maximum atomic E-state index is 11.6. The highest BCUT2D eigenvalue weighted by molar-refractivity contribution is 6.21. The van der Waals surface area contributed by atoms with Gasteiger partial charge in [-0.3, -0.25) is 40.1 Å². The van der Waals surface area contributed by atoms with Crippen LogP contribution in [-0.4, -0.2) is 115 Å². The van der Waals surface area contributed by atoms with Crippen molar-refractivity contribution < 1.29 is 64.7 Å². The van der Waals surface area contributed by atoms with E-state index in [2.05, 4.69) is 37.9 Å². The van der Waals surface area contributed by atoms with Crippen LogP contribution in [0.2, 0.25) is 0 Å². The number of nitrogens with zero attached hydrogens (tertiary/aromatic N) is 2. The summed E-state index contributed by atoms with van der Waals surface area (Å²) in [6.07, 6.45) is 0. The average molecular weight is 729 g/mol. The fourth-order valence-corrected chi connectivity index (χ4v) is 2.60. The maximum absolute atomic E-state index is 11.6. The summed E-state index contributed by atoms with van der Waals surface area (Å²) in [7, 11) is 1.68. The predicted octanol–water partition coefficient (Wildman–Crippen LogP) is 0.612. The number of hydrogen-bond donors (Lipinski definition) is 7. The molecule has 4 amide bonds. The minimum atomic E-state index is -1.00. The molecule has 0 saturated carbocycles. The van der Waals surface area contributed by atoms with Crippen LogP contribution in [0.1, 0.15) is 84.3 Å². The fraction of sp³-hybridized carbons (Fsp3) is 0.484. The van der Waals surface area contributed by atoms with Crippen molar-refractivity contribution in [3.8, 4) is 0 Å². The molecule has 2 aliphatic heterocycles. The number of methoxy groups -OCH3 is 1. The van der Waals surface area contributed by atoms with E-state index in [1.54, 1.807) is 76.4 Å². The number of rotatable bonds is 5. The number of hydrogen-bond acceptors (Lipinski definition) is 15. The molecule has 292 valence electrons. The Morgan fingerprint density at radius 1 is 0.680 bits per heavy atom. The molecule has 19 heteroatoms. The number of hydrazine groups is 1. The third kappa shape index (κ3) is 26.1. The van der Waals surface area contributed by atoms with Crippen molar-refractivity contribution in [3.63, 3.8) is 0 Å². The van der Waals surface area contributed by atoms with E-state index in [0.29, 0.717) is 47.1 Å². The summed E-state index contributed by atoms with van der Waals surface area (Å²) in [5.41, 5.74) is 1.45. The molecule has 0 spiro atoms. The van der Waals surface area contributed by atoms with E-state index in [4.69, 9.17) is 26.7 Å². The van der Waals surface area contributed by atoms with E-state index in [0.717, 1.165) is 18.8 Å². The predicted molar refractivity (Wildman–Crippen MR) is 187 cm³/mol. The van der Waals surface area contributed by atoms with E-state index in [9.17, 15) is 23.6 Å². The van der Waals surface area contributed by atoms with Crippen molar-refractivity contribution in [2.24, 2.45) is 23.5 Å². The van der Waals surface area contributed by atoms with Gasteiger partial charge in [-0.1, -0.05) is 24.3 Å². The van der Waals surface area contributed by atoms with Gasteiger partial charge in [-0.15, -0.1) is 5.06 Å². The maximum Gasteiger partial charge on any atom is 0.327 e. The van der Waals surface area contributed by atoms with Crippen LogP contribution in [0.25, 0.3) is 0 Å². The van der Waals surface area contributed by atoms with Gasteiger partial charge in [0.15, 0.2) is 0 Å². The van der Waals surface area contributed by atoms with E-state index >= 15 is 0 Å². The first-order valence-electron chi connectivity index (χ1n) is 15.4. The molecular formula is C31H60FN6O12+. The summed E-state index contributed by atoms with van der Waals surface area (Å²) in [4.78, 5) is 58.4. The highest BCUT2D eigenvalue weighted by Crippen LogP contribution is 2.22. The Labute approximate surface area is 295 Å². The zero-order valence-electron chi connectivity index (χ0n) is 31.3. The van der Waals surface area contributed by atoms with E-state index in [1.165, 1.54) is 0 Å². The van der Waals surface area contributed by atoms with Crippen LogP contribution in [-0.2, 0) is 19.2 Å². The number of aliphatic hydroxyl groups excluding tert-OH is 3. The molecular weight excluding hydrogens is 667 g/mol. The molecule has 2 aliphatic rings. The molecule has 2 aromatic rings. The summed E-state index contributed by atoms with van der Waals surface area (Å²) in [6, 6.07) is 13.1. The lowest BCUT2D eigenvalue weighted by atomic mass is 10.1. The Bertz CT molecular complexity index is 1020. The van der Waals surface area contributed by atoms with Gasteiger partial charge in [-0.25, -0.2) is 11.8 Å². The number of ether oxygens (including phenoxy) is 1. The van der Waals surface area contributed by atoms with Crippen molar-refractivity contribution in [3.05, 3.63) is 70.8 Å². The molecule has 0 radical (unpaired) electrons. The Morgan fingerprint density at radius 2 is 0.900 bits per heavy atom. The first-order chi connectivity index (χ1) is 24.5. The Kier molecular flexibility index (Phi) is 50.2. The largest absolute Gasteiger partial charge is 0.400 e. The molecule has 18 nitrogen and oxygen atoms in total. The number of amides is 4. The number of fused-ring (bicyclic) bond motifs is 2. The molecule has 0 aromatic heterocycles. The van der Waals surface area contributed by atoms with Crippen molar-refractivity contribution in [1.82, 2.24) is 10.1 Å². The monoisotopic (exact) mass is 728 g/mol. The molecule has 13 N–H and O–H groups in total. The third-order valence-corrected chi connectivity index (χ3v) is 4.43. The normalized spacial score (nSPS) is 10.9. The first-order valence-corrected chi connectivity index (χ1v) is 14.7. The highest BCUT2D eigenvalue weighted by Gasteiger charge is 2.38. The Hall–Kier alpha value is -3.83. The van der Waals surface area contributed by atoms with E-state index < -0.39 is 19.0 Å². The number of nitrogens with two attached hydrogens (primary N) is 4. The van der Waals surface area contributed by atoms with Crippen LogP contribution >= 0.6 is 0 Å². The number of halogens is 1. The van der Waals surface area contributed by atoms with Crippen LogP contribution in [0, 0.1) is 0 Å². The molecule has 0 saturated heterocycles. The topological polar surface area (TPSA) is 299 Å². The Balaban J connectivity index is -0.000000123. The van der Waals surface area contributed by atoms with Crippen molar-refractivity contribution in [1.29, 1.82) is 0 Å². The molecule has 0 bridgehead atoms.